The van der Waals surface area contributed by atoms with Gasteiger partial charge in [0.25, 0.3) is 0 Å². The molecule has 0 saturated carbocycles. The number of halogens is 3. The van der Waals surface area contributed by atoms with Crippen LogP contribution in [0.3, 0.4) is 0 Å². The van der Waals surface area contributed by atoms with Gasteiger partial charge in [-0.05, 0) is 39.6 Å². The lowest BCUT2D eigenvalue weighted by Crippen LogP contribution is -2.06. The van der Waals surface area contributed by atoms with Gasteiger partial charge in [0.05, 0.1) is 5.56 Å². The van der Waals surface area contributed by atoms with Crippen LogP contribution >= 0.6 is 0 Å². The zero-order chi connectivity index (χ0) is 13.5. The molecule has 96 valence electrons. The van der Waals surface area contributed by atoms with Gasteiger partial charge in [-0.25, -0.2) is 4.63 Å². The Morgan fingerprint density at radius 3 is 2.42 bits per heavy atom. The number of aromatic nitrogens is 2. The third-order valence-electron chi connectivity index (χ3n) is 2.80. The fourth-order valence-corrected chi connectivity index (χ4v) is 1.93. The maximum Gasteiger partial charge on any atom is 0.417 e. The first-order valence-electron chi connectivity index (χ1n) is 5.44. The molecule has 0 aliphatic rings. The minimum atomic E-state index is -4.40. The van der Waals surface area contributed by atoms with Crippen LogP contribution in [0.1, 0.15) is 5.56 Å². The van der Waals surface area contributed by atoms with Crippen molar-refractivity contribution in [2.24, 2.45) is 0 Å². The topological polar surface area (TPSA) is 38.9 Å². The highest BCUT2D eigenvalue weighted by Gasteiger charge is 2.33. The maximum absolute atomic E-state index is 12.9. The van der Waals surface area contributed by atoms with Crippen molar-refractivity contribution in [1.29, 1.82) is 0 Å². The fraction of sp³-hybridized carbons (Fsp3) is 0.0769. The van der Waals surface area contributed by atoms with Crippen molar-refractivity contribution < 1.29 is 17.8 Å². The number of benzene rings is 2. The second-order valence-corrected chi connectivity index (χ2v) is 4.01. The largest absolute Gasteiger partial charge is 0.417 e. The highest BCUT2D eigenvalue weighted by Crippen LogP contribution is 2.37. The van der Waals surface area contributed by atoms with E-state index < -0.39 is 11.7 Å². The molecule has 19 heavy (non-hydrogen) atoms. The van der Waals surface area contributed by atoms with Gasteiger partial charge in [0, 0.05) is 0 Å². The minimum Gasteiger partial charge on any atom is -0.243 e. The molecule has 0 fully saturated rings. The van der Waals surface area contributed by atoms with Crippen LogP contribution in [0.25, 0.3) is 22.2 Å². The standard InChI is InChI=1S/C13H7F3N2O/c14-13(15,16)10-4-2-1-3-9(10)8-5-6-11-12(7-8)18-19-17-11/h1-7H. The first-order valence-corrected chi connectivity index (χ1v) is 5.44. The summed E-state index contributed by atoms with van der Waals surface area (Å²) in [6.07, 6.45) is -4.40. The van der Waals surface area contributed by atoms with Crippen LogP contribution in [-0.4, -0.2) is 10.3 Å². The number of nitrogens with zero attached hydrogens (tertiary/aromatic N) is 2. The quantitative estimate of drug-likeness (QED) is 0.669. The molecule has 0 saturated heterocycles. The SMILES string of the molecule is FC(F)(F)c1ccccc1-c1ccc2nonc2c1. The van der Waals surface area contributed by atoms with Crippen LogP contribution in [0.15, 0.2) is 47.1 Å². The summed E-state index contributed by atoms with van der Waals surface area (Å²) in [5, 5.41) is 7.25. The molecule has 0 aliphatic heterocycles. The molecule has 3 rings (SSSR count). The molecular formula is C13H7F3N2O. The summed E-state index contributed by atoms with van der Waals surface area (Å²) in [6.45, 7) is 0. The van der Waals surface area contributed by atoms with E-state index in [1.807, 2.05) is 0 Å². The van der Waals surface area contributed by atoms with Gasteiger partial charge in [0.1, 0.15) is 11.0 Å². The molecule has 6 heteroatoms. The summed E-state index contributed by atoms with van der Waals surface area (Å²) in [7, 11) is 0. The van der Waals surface area contributed by atoms with E-state index in [9.17, 15) is 13.2 Å². The van der Waals surface area contributed by atoms with Gasteiger partial charge in [-0.3, -0.25) is 0 Å². The summed E-state index contributed by atoms with van der Waals surface area (Å²) in [6, 6.07) is 10.1. The number of fused-ring (bicyclic) bond motifs is 1. The lowest BCUT2D eigenvalue weighted by molar-refractivity contribution is -0.137. The van der Waals surface area contributed by atoms with E-state index in [-0.39, 0.29) is 5.56 Å². The molecule has 1 heterocycles. The van der Waals surface area contributed by atoms with Crippen LogP contribution in [-0.2, 0) is 6.18 Å². The summed E-state index contributed by atoms with van der Waals surface area (Å²) in [4.78, 5) is 0. The van der Waals surface area contributed by atoms with E-state index in [1.165, 1.54) is 18.2 Å². The molecule has 0 aliphatic carbocycles. The number of rotatable bonds is 1. The van der Waals surface area contributed by atoms with E-state index in [2.05, 4.69) is 14.9 Å². The van der Waals surface area contributed by atoms with Crippen molar-refractivity contribution in [1.82, 2.24) is 10.3 Å². The van der Waals surface area contributed by atoms with Crippen LogP contribution in [0.2, 0.25) is 0 Å². The molecule has 1 aromatic heterocycles. The molecule has 3 nitrogen and oxygen atoms in total. The van der Waals surface area contributed by atoms with Crippen molar-refractivity contribution in [3.63, 3.8) is 0 Å². The molecule has 0 spiro atoms. The number of alkyl halides is 3. The van der Waals surface area contributed by atoms with Crippen molar-refractivity contribution >= 4 is 11.0 Å². The van der Waals surface area contributed by atoms with Gasteiger partial charge in [0.15, 0.2) is 0 Å². The smallest absolute Gasteiger partial charge is 0.243 e. The predicted octanol–water partition coefficient (Wildman–Crippen LogP) is 3.91. The average Bonchev–Trinajstić information content (AvgIpc) is 2.85. The van der Waals surface area contributed by atoms with E-state index in [1.54, 1.807) is 18.2 Å². The summed E-state index contributed by atoms with van der Waals surface area (Å²) in [5.41, 5.74) is 0.796. The van der Waals surface area contributed by atoms with Crippen LogP contribution < -0.4 is 0 Å². The van der Waals surface area contributed by atoms with Crippen molar-refractivity contribution in [2.45, 2.75) is 6.18 Å². The van der Waals surface area contributed by atoms with Crippen molar-refractivity contribution in [3.8, 4) is 11.1 Å². The Kier molecular flexibility index (Phi) is 2.51. The van der Waals surface area contributed by atoms with Crippen molar-refractivity contribution in [3.05, 3.63) is 48.0 Å². The Hall–Kier alpha value is -2.37. The first-order chi connectivity index (χ1) is 9.05. The lowest BCUT2D eigenvalue weighted by atomic mass is 9.99. The first kappa shape index (κ1) is 11.7. The van der Waals surface area contributed by atoms with Crippen molar-refractivity contribution in [2.75, 3.05) is 0 Å². The number of hydrogen-bond donors (Lipinski definition) is 0. The average molecular weight is 264 g/mol. The fourth-order valence-electron chi connectivity index (χ4n) is 1.93. The Bertz CT molecular complexity index is 734. The molecule has 0 amide bonds. The minimum absolute atomic E-state index is 0.111. The normalized spacial score (nSPS) is 11.9. The number of hydrogen-bond acceptors (Lipinski definition) is 3. The van der Waals surface area contributed by atoms with E-state index in [4.69, 9.17) is 0 Å². The molecular weight excluding hydrogens is 257 g/mol. The van der Waals surface area contributed by atoms with Gasteiger partial charge in [-0.15, -0.1) is 0 Å². The highest BCUT2D eigenvalue weighted by molar-refractivity contribution is 5.81. The molecule has 0 radical (unpaired) electrons. The van der Waals surface area contributed by atoms with Gasteiger partial charge in [0.2, 0.25) is 0 Å². The Morgan fingerprint density at radius 2 is 1.63 bits per heavy atom. The Labute approximate surface area is 105 Å². The molecule has 0 atom stereocenters. The molecule has 0 N–H and O–H groups in total. The van der Waals surface area contributed by atoms with E-state index in [0.29, 0.717) is 16.6 Å². The lowest BCUT2D eigenvalue weighted by Gasteiger charge is -2.12. The third kappa shape index (κ3) is 2.05. The molecule has 0 bridgehead atoms. The maximum atomic E-state index is 12.9. The zero-order valence-electron chi connectivity index (χ0n) is 9.48. The second kappa shape index (κ2) is 4.08. The van der Waals surface area contributed by atoms with Crippen LogP contribution in [0.4, 0.5) is 13.2 Å². The Balaban J connectivity index is 2.21. The van der Waals surface area contributed by atoms with Gasteiger partial charge in [-0.2, -0.15) is 13.2 Å². The van der Waals surface area contributed by atoms with E-state index in [0.717, 1.165) is 6.07 Å². The Morgan fingerprint density at radius 1 is 0.895 bits per heavy atom. The van der Waals surface area contributed by atoms with Crippen LogP contribution in [0, 0.1) is 0 Å². The molecule has 0 unspecified atom stereocenters. The monoisotopic (exact) mass is 264 g/mol. The summed E-state index contributed by atoms with van der Waals surface area (Å²) >= 11 is 0. The van der Waals surface area contributed by atoms with Gasteiger partial charge < -0.3 is 0 Å². The molecule has 3 aromatic rings. The van der Waals surface area contributed by atoms with Crippen LogP contribution in [0.5, 0.6) is 0 Å². The summed E-state index contributed by atoms with van der Waals surface area (Å²) < 4.78 is 43.4. The van der Waals surface area contributed by atoms with Gasteiger partial charge in [-0.1, -0.05) is 24.3 Å². The summed E-state index contributed by atoms with van der Waals surface area (Å²) in [5.74, 6) is 0. The molecule has 2 aromatic carbocycles. The zero-order valence-corrected chi connectivity index (χ0v) is 9.48. The van der Waals surface area contributed by atoms with Gasteiger partial charge >= 0.3 is 6.18 Å². The highest BCUT2D eigenvalue weighted by atomic mass is 19.4. The second-order valence-electron chi connectivity index (χ2n) is 4.01. The van der Waals surface area contributed by atoms with E-state index >= 15 is 0 Å². The third-order valence-corrected chi connectivity index (χ3v) is 2.80. The predicted molar refractivity (Wildman–Crippen MR) is 62.2 cm³/mol.